The van der Waals surface area contributed by atoms with Crippen molar-refractivity contribution < 1.29 is 9.53 Å². The SMILES string of the molecule is C=CCN(CC=C)c1ccc2c(c1)CC(CCN(C)C)(c1ccc(Cl)cc1)OC2=O. The molecule has 30 heavy (non-hydrogen) atoms. The molecule has 1 aliphatic rings. The van der Waals surface area contributed by atoms with Crippen LogP contribution in [0.5, 0.6) is 0 Å². The summed E-state index contributed by atoms with van der Waals surface area (Å²) in [4.78, 5) is 17.3. The molecule has 0 aliphatic carbocycles. The van der Waals surface area contributed by atoms with Gasteiger partial charge in [-0.15, -0.1) is 13.2 Å². The number of cyclic esters (lactones) is 1. The molecule has 2 aromatic carbocycles. The van der Waals surface area contributed by atoms with E-state index in [0.29, 0.717) is 36.5 Å². The fourth-order valence-corrected chi connectivity index (χ4v) is 4.02. The molecule has 4 nitrogen and oxygen atoms in total. The molecule has 5 heteroatoms. The lowest BCUT2D eigenvalue weighted by Crippen LogP contribution is -2.41. The molecule has 0 radical (unpaired) electrons. The number of ether oxygens (including phenoxy) is 1. The molecule has 0 aromatic heterocycles. The van der Waals surface area contributed by atoms with Gasteiger partial charge in [-0.2, -0.15) is 0 Å². The zero-order valence-electron chi connectivity index (χ0n) is 17.7. The summed E-state index contributed by atoms with van der Waals surface area (Å²) in [6.07, 6.45) is 5.05. The van der Waals surface area contributed by atoms with Crippen LogP contribution in [0.15, 0.2) is 67.8 Å². The molecule has 0 N–H and O–H groups in total. The number of nitrogens with zero attached hydrogens (tertiary/aromatic N) is 2. The first-order valence-electron chi connectivity index (χ1n) is 10.1. The lowest BCUT2D eigenvalue weighted by atomic mass is 9.80. The first-order chi connectivity index (χ1) is 14.4. The van der Waals surface area contributed by atoms with Crippen LogP contribution < -0.4 is 4.90 Å². The van der Waals surface area contributed by atoms with Gasteiger partial charge in [0.1, 0.15) is 5.60 Å². The molecule has 1 aliphatic heterocycles. The number of esters is 1. The van der Waals surface area contributed by atoms with Crippen molar-refractivity contribution in [1.82, 2.24) is 4.90 Å². The number of hydrogen-bond donors (Lipinski definition) is 0. The maximum absolute atomic E-state index is 13.0. The van der Waals surface area contributed by atoms with Crippen molar-refractivity contribution in [2.45, 2.75) is 18.4 Å². The van der Waals surface area contributed by atoms with E-state index in [1.54, 1.807) is 0 Å². The summed E-state index contributed by atoms with van der Waals surface area (Å²) in [5.74, 6) is -0.282. The van der Waals surface area contributed by atoms with Crippen LogP contribution in [0.2, 0.25) is 5.02 Å². The predicted molar refractivity (Wildman–Crippen MR) is 124 cm³/mol. The molecule has 1 atom stereocenters. The van der Waals surface area contributed by atoms with Crippen LogP contribution in [-0.2, 0) is 16.8 Å². The molecule has 3 rings (SSSR count). The monoisotopic (exact) mass is 424 g/mol. The number of carbonyl (C=O) groups is 1. The molecule has 0 bridgehead atoms. The molecule has 2 aromatic rings. The maximum Gasteiger partial charge on any atom is 0.339 e. The van der Waals surface area contributed by atoms with Crippen molar-refractivity contribution in [1.29, 1.82) is 0 Å². The van der Waals surface area contributed by atoms with Crippen molar-refractivity contribution in [2.75, 3.05) is 38.6 Å². The lowest BCUT2D eigenvalue weighted by molar-refractivity contribution is -0.0354. The van der Waals surface area contributed by atoms with Crippen LogP contribution in [0.3, 0.4) is 0 Å². The summed E-state index contributed by atoms with van der Waals surface area (Å²) < 4.78 is 6.12. The average Bonchev–Trinajstić information content (AvgIpc) is 2.72. The van der Waals surface area contributed by atoms with Crippen LogP contribution in [0.4, 0.5) is 5.69 Å². The van der Waals surface area contributed by atoms with Gasteiger partial charge in [0.05, 0.1) is 5.56 Å². The Morgan fingerprint density at radius 1 is 1.10 bits per heavy atom. The molecule has 158 valence electrons. The van der Waals surface area contributed by atoms with Gasteiger partial charge in [0.25, 0.3) is 0 Å². The Hall–Kier alpha value is -2.56. The normalized spacial score (nSPS) is 17.9. The molecule has 1 heterocycles. The third kappa shape index (κ3) is 4.77. The maximum atomic E-state index is 13.0. The largest absolute Gasteiger partial charge is 0.450 e. The Labute approximate surface area is 184 Å². The Morgan fingerprint density at radius 3 is 2.37 bits per heavy atom. The third-order valence-electron chi connectivity index (χ3n) is 5.47. The summed E-state index contributed by atoms with van der Waals surface area (Å²) in [7, 11) is 4.05. The highest BCUT2D eigenvalue weighted by Gasteiger charge is 2.42. The van der Waals surface area contributed by atoms with Crippen molar-refractivity contribution in [2.24, 2.45) is 0 Å². The summed E-state index contributed by atoms with van der Waals surface area (Å²) in [5.41, 5.74) is 2.91. The molecule has 0 spiro atoms. The Kier molecular flexibility index (Phi) is 7.01. The number of anilines is 1. The second-order valence-corrected chi connectivity index (χ2v) is 8.38. The first-order valence-corrected chi connectivity index (χ1v) is 10.5. The van der Waals surface area contributed by atoms with Gasteiger partial charge >= 0.3 is 5.97 Å². The zero-order valence-corrected chi connectivity index (χ0v) is 18.5. The zero-order chi connectivity index (χ0) is 21.7. The van der Waals surface area contributed by atoms with E-state index in [4.69, 9.17) is 16.3 Å². The number of carbonyl (C=O) groups excluding carboxylic acids is 1. The molecular weight excluding hydrogens is 396 g/mol. The quantitative estimate of drug-likeness (QED) is 0.415. The van der Waals surface area contributed by atoms with Crippen molar-refractivity contribution in [3.8, 4) is 0 Å². The number of halogens is 1. The smallest absolute Gasteiger partial charge is 0.339 e. The lowest BCUT2D eigenvalue weighted by Gasteiger charge is -2.39. The van der Waals surface area contributed by atoms with Gasteiger partial charge in [-0.1, -0.05) is 35.9 Å². The van der Waals surface area contributed by atoms with Gasteiger partial charge in [-0.05, 0) is 55.6 Å². The van der Waals surface area contributed by atoms with Gasteiger partial charge in [0.15, 0.2) is 0 Å². The highest BCUT2D eigenvalue weighted by Crippen LogP contribution is 2.40. The standard InChI is InChI=1S/C25H29ClN2O2/c1-5-14-28(15-6-2)22-11-12-23-19(17-22)18-25(30-24(23)29,13-16-27(3)4)20-7-9-21(26)10-8-20/h5-12,17H,1-2,13-16,18H2,3-4H3. The van der Waals surface area contributed by atoms with Crippen LogP contribution in [-0.4, -0.2) is 44.6 Å². The van der Waals surface area contributed by atoms with Crippen molar-refractivity contribution in [3.63, 3.8) is 0 Å². The fraction of sp³-hybridized carbons (Fsp3) is 0.320. The minimum atomic E-state index is -0.723. The van der Waals surface area contributed by atoms with E-state index >= 15 is 0 Å². The predicted octanol–water partition coefficient (Wildman–Crippen LogP) is 5.08. The highest BCUT2D eigenvalue weighted by atomic mass is 35.5. The summed E-state index contributed by atoms with van der Waals surface area (Å²) in [5, 5.41) is 0.663. The van der Waals surface area contributed by atoms with Crippen molar-refractivity contribution in [3.05, 3.63) is 89.5 Å². The Morgan fingerprint density at radius 2 is 1.77 bits per heavy atom. The van der Waals surface area contributed by atoms with E-state index in [0.717, 1.165) is 23.4 Å². The molecule has 0 fully saturated rings. The second kappa shape index (κ2) is 9.50. The number of hydrogen-bond acceptors (Lipinski definition) is 4. The molecule has 0 saturated carbocycles. The minimum Gasteiger partial charge on any atom is -0.450 e. The average molecular weight is 425 g/mol. The van der Waals surface area contributed by atoms with Gasteiger partial charge in [-0.25, -0.2) is 4.79 Å². The van der Waals surface area contributed by atoms with Crippen molar-refractivity contribution >= 4 is 23.3 Å². The van der Waals surface area contributed by atoms with Gasteiger partial charge in [-0.3, -0.25) is 0 Å². The van der Waals surface area contributed by atoms with E-state index in [9.17, 15) is 4.79 Å². The summed E-state index contributed by atoms with van der Waals surface area (Å²) in [6.45, 7) is 9.91. The Bertz CT molecular complexity index is 913. The van der Waals surface area contributed by atoms with E-state index in [1.165, 1.54) is 0 Å². The third-order valence-corrected chi connectivity index (χ3v) is 5.72. The van der Waals surface area contributed by atoms with E-state index in [1.807, 2.05) is 62.6 Å². The van der Waals surface area contributed by atoms with E-state index < -0.39 is 5.60 Å². The Balaban J connectivity index is 2.04. The van der Waals surface area contributed by atoms with Crippen LogP contribution >= 0.6 is 11.6 Å². The van der Waals surface area contributed by atoms with E-state index in [-0.39, 0.29) is 5.97 Å². The van der Waals surface area contributed by atoms with E-state index in [2.05, 4.69) is 29.0 Å². The number of benzene rings is 2. The number of rotatable bonds is 9. The van der Waals surface area contributed by atoms with Crippen LogP contribution in [0, 0.1) is 0 Å². The topological polar surface area (TPSA) is 32.8 Å². The summed E-state index contributed by atoms with van der Waals surface area (Å²) >= 11 is 6.11. The second-order valence-electron chi connectivity index (χ2n) is 7.94. The van der Waals surface area contributed by atoms with Gasteiger partial charge in [0, 0.05) is 43.2 Å². The first kappa shape index (κ1) is 22.1. The van der Waals surface area contributed by atoms with Gasteiger partial charge in [0.2, 0.25) is 0 Å². The minimum absolute atomic E-state index is 0.282. The number of fused-ring (bicyclic) bond motifs is 1. The van der Waals surface area contributed by atoms with Crippen LogP contribution in [0.25, 0.3) is 0 Å². The molecule has 0 saturated heterocycles. The van der Waals surface area contributed by atoms with Gasteiger partial charge < -0.3 is 14.5 Å². The summed E-state index contributed by atoms with van der Waals surface area (Å²) in [6, 6.07) is 13.5. The molecule has 0 amide bonds. The highest BCUT2D eigenvalue weighted by molar-refractivity contribution is 6.30. The fourth-order valence-electron chi connectivity index (χ4n) is 3.90. The van der Waals surface area contributed by atoms with Crippen LogP contribution in [0.1, 0.15) is 27.9 Å². The molecular formula is C25H29ClN2O2. The molecule has 1 unspecified atom stereocenters.